The maximum atomic E-state index is 2.40. The van der Waals surface area contributed by atoms with E-state index >= 15 is 0 Å². The molecule has 0 aromatic rings. The zero-order valence-electron chi connectivity index (χ0n) is 7.20. The van der Waals surface area contributed by atoms with Crippen LogP contribution in [0.1, 0.15) is 47.0 Å². The Balaban J connectivity index is 3.07. The Hall–Kier alpha value is 0. The molecule has 9 heavy (non-hydrogen) atoms. The van der Waals surface area contributed by atoms with Crippen LogP contribution in [0.3, 0.4) is 0 Å². The Morgan fingerprint density at radius 1 is 1.22 bits per heavy atom. The van der Waals surface area contributed by atoms with Gasteiger partial charge in [-0.3, -0.25) is 0 Å². The van der Waals surface area contributed by atoms with E-state index in [1.165, 1.54) is 19.3 Å². The predicted molar refractivity (Wildman–Crippen MR) is 43.3 cm³/mol. The second-order valence-electron chi connectivity index (χ2n) is 3.71. The molecule has 0 atom stereocenters. The summed E-state index contributed by atoms with van der Waals surface area (Å²) >= 11 is 0. The van der Waals surface area contributed by atoms with E-state index in [0.717, 1.165) is 0 Å². The largest absolute Gasteiger partial charge is 0.0654 e. The Bertz CT molecular complexity index is 56.9. The molecule has 0 rings (SSSR count). The van der Waals surface area contributed by atoms with Gasteiger partial charge in [0.1, 0.15) is 0 Å². The summed E-state index contributed by atoms with van der Waals surface area (Å²) in [5.41, 5.74) is 0.426. The van der Waals surface area contributed by atoms with E-state index in [0.29, 0.717) is 5.41 Å². The highest BCUT2D eigenvalue weighted by molar-refractivity contribution is 4.79. The van der Waals surface area contributed by atoms with E-state index in [2.05, 4.69) is 34.1 Å². The minimum absolute atomic E-state index is 0.426. The monoisotopic (exact) mass is 127 g/mol. The van der Waals surface area contributed by atoms with Crippen molar-refractivity contribution in [1.82, 2.24) is 0 Å². The molecule has 0 bridgehead atoms. The van der Waals surface area contributed by atoms with Gasteiger partial charge in [-0.15, -0.1) is 0 Å². The van der Waals surface area contributed by atoms with Crippen molar-refractivity contribution in [3.8, 4) is 0 Å². The molecule has 0 aliphatic carbocycles. The molecule has 0 nitrogen and oxygen atoms in total. The predicted octanol–water partition coefficient (Wildman–Crippen LogP) is 3.43. The molecule has 0 unspecified atom stereocenters. The van der Waals surface area contributed by atoms with Crippen molar-refractivity contribution in [2.45, 2.75) is 47.0 Å². The van der Waals surface area contributed by atoms with Crippen LogP contribution in [-0.4, -0.2) is 0 Å². The van der Waals surface area contributed by atoms with Crippen LogP contribution >= 0.6 is 0 Å². The van der Waals surface area contributed by atoms with Crippen LogP contribution in [-0.2, 0) is 0 Å². The molecule has 0 amide bonds. The lowest BCUT2D eigenvalue weighted by atomic mass is 9.90. The molecule has 0 saturated heterocycles. The molecule has 0 spiro atoms. The van der Waals surface area contributed by atoms with Crippen molar-refractivity contribution in [3.05, 3.63) is 6.42 Å². The van der Waals surface area contributed by atoms with Crippen LogP contribution in [0.2, 0.25) is 0 Å². The van der Waals surface area contributed by atoms with E-state index in [9.17, 15) is 0 Å². The van der Waals surface area contributed by atoms with Gasteiger partial charge in [0.05, 0.1) is 0 Å². The van der Waals surface area contributed by atoms with Crippen molar-refractivity contribution in [2.75, 3.05) is 0 Å². The summed E-state index contributed by atoms with van der Waals surface area (Å²) in [4.78, 5) is 0. The lowest BCUT2D eigenvalue weighted by Gasteiger charge is -2.16. The summed E-state index contributed by atoms with van der Waals surface area (Å²) in [7, 11) is 0. The molecule has 0 aromatic heterocycles. The number of unbranched alkanes of at least 4 members (excludes halogenated alkanes) is 2. The summed E-state index contributed by atoms with van der Waals surface area (Å²) in [5.74, 6) is 0. The van der Waals surface area contributed by atoms with Crippen molar-refractivity contribution >= 4 is 0 Å². The second kappa shape index (κ2) is 3.92. The standard InChI is InChI=1S/C9H19/c1-5-6-7-8-9(2,3)4/h8H,5-7H2,1-4H3. The summed E-state index contributed by atoms with van der Waals surface area (Å²) in [6, 6.07) is 0. The third-order valence-electron chi connectivity index (χ3n) is 1.31. The summed E-state index contributed by atoms with van der Waals surface area (Å²) in [6.07, 6.45) is 6.33. The molecular weight excluding hydrogens is 108 g/mol. The van der Waals surface area contributed by atoms with Crippen LogP contribution in [0, 0.1) is 11.8 Å². The molecule has 0 aromatic carbocycles. The minimum Gasteiger partial charge on any atom is -0.0654 e. The lowest BCUT2D eigenvalue weighted by Crippen LogP contribution is -2.04. The average Bonchev–Trinajstić information content (AvgIpc) is 1.63. The van der Waals surface area contributed by atoms with Gasteiger partial charge >= 0.3 is 0 Å². The Morgan fingerprint density at radius 3 is 2.11 bits per heavy atom. The van der Waals surface area contributed by atoms with Gasteiger partial charge in [-0.05, 0) is 18.3 Å². The van der Waals surface area contributed by atoms with E-state index in [1.807, 2.05) is 0 Å². The Morgan fingerprint density at radius 2 is 1.78 bits per heavy atom. The van der Waals surface area contributed by atoms with Crippen molar-refractivity contribution in [2.24, 2.45) is 5.41 Å². The normalized spacial score (nSPS) is 12.0. The van der Waals surface area contributed by atoms with Crippen LogP contribution in [0.4, 0.5) is 0 Å². The van der Waals surface area contributed by atoms with Gasteiger partial charge in [-0.25, -0.2) is 0 Å². The molecule has 55 valence electrons. The van der Waals surface area contributed by atoms with Crippen LogP contribution in [0.15, 0.2) is 0 Å². The minimum atomic E-state index is 0.426. The first-order valence-corrected chi connectivity index (χ1v) is 3.90. The van der Waals surface area contributed by atoms with Crippen LogP contribution < -0.4 is 0 Å². The average molecular weight is 127 g/mol. The van der Waals surface area contributed by atoms with Crippen LogP contribution in [0.5, 0.6) is 0 Å². The summed E-state index contributed by atoms with van der Waals surface area (Å²) < 4.78 is 0. The van der Waals surface area contributed by atoms with Crippen molar-refractivity contribution in [3.63, 3.8) is 0 Å². The molecule has 1 radical (unpaired) electrons. The maximum absolute atomic E-state index is 2.40. The van der Waals surface area contributed by atoms with Crippen LogP contribution in [0.25, 0.3) is 0 Å². The highest BCUT2D eigenvalue weighted by atomic mass is 14.1. The molecule has 0 heteroatoms. The number of hydrogen-bond donors (Lipinski definition) is 0. The van der Waals surface area contributed by atoms with E-state index in [1.54, 1.807) is 0 Å². The molecule has 0 aliphatic heterocycles. The fraction of sp³-hybridized carbons (Fsp3) is 0.889. The molecular formula is C9H19. The zero-order valence-corrected chi connectivity index (χ0v) is 7.20. The maximum Gasteiger partial charge on any atom is -0.0332 e. The number of rotatable bonds is 3. The smallest absolute Gasteiger partial charge is 0.0332 e. The Kier molecular flexibility index (Phi) is 3.92. The number of hydrogen-bond acceptors (Lipinski definition) is 0. The molecule has 0 N–H and O–H groups in total. The molecule has 0 saturated carbocycles. The zero-order chi connectivity index (χ0) is 7.33. The third-order valence-corrected chi connectivity index (χ3v) is 1.31. The van der Waals surface area contributed by atoms with Gasteiger partial charge in [0, 0.05) is 0 Å². The van der Waals surface area contributed by atoms with E-state index in [-0.39, 0.29) is 0 Å². The highest BCUT2D eigenvalue weighted by Crippen LogP contribution is 2.20. The fourth-order valence-corrected chi connectivity index (χ4v) is 0.739. The topological polar surface area (TPSA) is 0 Å². The van der Waals surface area contributed by atoms with Crippen molar-refractivity contribution < 1.29 is 0 Å². The quantitative estimate of drug-likeness (QED) is 0.509. The lowest BCUT2D eigenvalue weighted by molar-refractivity contribution is 0.467. The Labute approximate surface area is 59.7 Å². The highest BCUT2D eigenvalue weighted by Gasteiger charge is 2.08. The first-order chi connectivity index (χ1) is 4.06. The first kappa shape index (κ1) is 9.00. The second-order valence-corrected chi connectivity index (χ2v) is 3.71. The van der Waals surface area contributed by atoms with E-state index in [4.69, 9.17) is 0 Å². The van der Waals surface area contributed by atoms with Crippen molar-refractivity contribution in [1.29, 1.82) is 0 Å². The van der Waals surface area contributed by atoms with Gasteiger partial charge in [0.2, 0.25) is 0 Å². The first-order valence-electron chi connectivity index (χ1n) is 3.90. The van der Waals surface area contributed by atoms with Gasteiger partial charge in [-0.1, -0.05) is 40.5 Å². The van der Waals surface area contributed by atoms with Gasteiger partial charge in [0.25, 0.3) is 0 Å². The SMILES string of the molecule is CCCC[CH]C(C)(C)C. The summed E-state index contributed by atoms with van der Waals surface area (Å²) in [5, 5.41) is 0. The van der Waals surface area contributed by atoms with Gasteiger partial charge in [-0.2, -0.15) is 0 Å². The van der Waals surface area contributed by atoms with E-state index < -0.39 is 0 Å². The fourth-order valence-electron chi connectivity index (χ4n) is 0.739. The van der Waals surface area contributed by atoms with Gasteiger partial charge in [0.15, 0.2) is 0 Å². The summed E-state index contributed by atoms with van der Waals surface area (Å²) in [6.45, 7) is 8.99. The molecule has 0 aliphatic rings. The van der Waals surface area contributed by atoms with Gasteiger partial charge < -0.3 is 0 Å². The molecule has 0 fully saturated rings. The molecule has 0 heterocycles. The third kappa shape index (κ3) is 8.00.